The zero-order valence-corrected chi connectivity index (χ0v) is 16.2. The van der Waals surface area contributed by atoms with Crippen LogP contribution in [0.25, 0.3) is 11.0 Å². The molecule has 0 atom stereocenters. The smallest absolute Gasteiger partial charge is 0.277 e. The van der Waals surface area contributed by atoms with Crippen molar-refractivity contribution >= 4 is 22.8 Å². The van der Waals surface area contributed by atoms with Crippen LogP contribution < -0.4 is 11.2 Å². The third-order valence-electron chi connectivity index (χ3n) is 4.71. The summed E-state index contributed by atoms with van der Waals surface area (Å²) in [6.07, 6.45) is 5.58. The molecule has 0 aliphatic heterocycles. The summed E-state index contributed by atoms with van der Waals surface area (Å²) < 4.78 is 2.82. The Labute approximate surface area is 151 Å². The predicted octanol–water partition coefficient (Wildman–Crippen LogP) is 3.06. The highest BCUT2D eigenvalue weighted by atomic mass is 32.2. The second-order valence-electron chi connectivity index (χ2n) is 7.06. The van der Waals surface area contributed by atoms with E-state index in [-0.39, 0.29) is 17.2 Å². The van der Waals surface area contributed by atoms with Crippen LogP contribution in [0, 0.1) is 0 Å². The number of aromatic nitrogens is 4. The second kappa shape index (κ2) is 7.32. The summed E-state index contributed by atoms with van der Waals surface area (Å²) in [6, 6.07) is 0. The molecule has 6 nitrogen and oxygen atoms in total. The lowest BCUT2D eigenvalue weighted by atomic mass is 10.2. The van der Waals surface area contributed by atoms with Crippen molar-refractivity contribution in [1.82, 2.24) is 19.1 Å². The van der Waals surface area contributed by atoms with Crippen LogP contribution in [0.2, 0.25) is 0 Å². The van der Waals surface area contributed by atoms with Crippen molar-refractivity contribution in [3.8, 4) is 0 Å². The van der Waals surface area contributed by atoms with Crippen molar-refractivity contribution in [3.63, 3.8) is 0 Å². The number of nitrogens with zero attached hydrogens (tertiary/aromatic N) is 4. The van der Waals surface area contributed by atoms with E-state index in [0.717, 1.165) is 24.3 Å². The first kappa shape index (κ1) is 18.2. The third kappa shape index (κ3) is 3.38. The van der Waals surface area contributed by atoms with E-state index in [1.807, 2.05) is 20.8 Å². The van der Waals surface area contributed by atoms with Crippen LogP contribution in [0.3, 0.4) is 0 Å². The fourth-order valence-electron chi connectivity index (χ4n) is 3.29. The zero-order chi connectivity index (χ0) is 18.1. The van der Waals surface area contributed by atoms with Gasteiger partial charge in [0.25, 0.3) is 5.56 Å². The lowest BCUT2D eigenvalue weighted by Gasteiger charge is -2.16. The van der Waals surface area contributed by atoms with Crippen molar-refractivity contribution in [2.45, 2.75) is 75.6 Å². The maximum Gasteiger partial charge on any atom is 0.332 e. The van der Waals surface area contributed by atoms with Crippen LogP contribution in [0.4, 0.5) is 0 Å². The Morgan fingerprint density at radius 1 is 1.20 bits per heavy atom. The van der Waals surface area contributed by atoms with Gasteiger partial charge >= 0.3 is 5.69 Å². The van der Waals surface area contributed by atoms with Crippen molar-refractivity contribution < 1.29 is 0 Å². The van der Waals surface area contributed by atoms with Crippen LogP contribution in [0.15, 0.2) is 14.6 Å². The number of hydrogen-bond acceptors (Lipinski definition) is 5. The van der Waals surface area contributed by atoms with E-state index in [0.29, 0.717) is 28.7 Å². The van der Waals surface area contributed by atoms with Gasteiger partial charge in [0.1, 0.15) is 16.2 Å². The molecule has 0 N–H and O–H groups in total. The normalized spacial score (nSPS) is 15.6. The molecule has 0 spiro atoms. The van der Waals surface area contributed by atoms with E-state index in [1.165, 1.54) is 24.5 Å². The van der Waals surface area contributed by atoms with Gasteiger partial charge in [0.05, 0.1) is 0 Å². The standard InChI is InChI=1S/C18H26N4O2S/c1-5-10-22-15-13(17(23)21(4)18(22)24)16(20-14(19-15)11(2)3)25-12-8-6-7-9-12/h11-12H,5-10H2,1-4H3. The molecular weight excluding hydrogens is 336 g/mol. The summed E-state index contributed by atoms with van der Waals surface area (Å²) in [5, 5.41) is 1.73. The molecule has 1 aliphatic rings. The molecule has 0 unspecified atom stereocenters. The van der Waals surface area contributed by atoms with Gasteiger partial charge in [0, 0.05) is 24.8 Å². The van der Waals surface area contributed by atoms with E-state index < -0.39 is 0 Å². The van der Waals surface area contributed by atoms with Gasteiger partial charge in [-0.25, -0.2) is 14.8 Å². The van der Waals surface area contributed by atoms with Gasteiger partial charge in [-0.1, -0.05) is 33.6 Å². The summed E-state index contributed by atoms with van der Waals surface area (Å²) in [4.78, 5) is 34.8. The van der Waals surface area contributed by atoms with Crippen molar-refractivity contribution in [3.05, 3.63) is 26.7 Å². The summed E-state index contributed by atoms with van der Waals surface area (Å²) in [5.41, 5.74) is -0.0955. The lowest BCUT2D eigenvalue weighted by molar-refractivity contribution is 0.603. The van der Waals surface area contributed by atoms with Gasteiger partial charge in [-0.15, -0.1) is 11.8 Å². The molecule has 0 saturated heterocycles. The first-order valence-electron chi connectivity index (χ1n) is 9.12. The molecule has 1 fully saturated rings. The quantitative estimate of drug-likeness (QED) is 0.765. The minimum atomic E-state index is -0.301. The van der Waals surface area contributed by atoms with E-state index in [9.17, 15) is 9.59 Å². The molecule has 2 aromatic heterocycles. The number of rotatable bonds is 5. The minimum absolute atomic E-state index is 0.140. The summed E-state index contributed by atoms with van der Waals surface area (Å²) in [5.74, 6) is 0.840. The van der Waals surface area contributed by atoms with Crippen LogP contribution in [0.1, 0.15) is 64.6 Å². The van der Waals surface area contributed by atoms with E-state index in [4.69, 9.17) is 4.98 Å². The van der Waals surface area contributed by atoms with Crippen LogP contribution >= 0.6 is 11.8 Å². The summed E-state index contributed by atoms with van der Waals surface area (Å²) in [6.45, 7) is 6.64. The Hall–Kier alpha value is -1.63. The largest absolute Gasteiger partial charge is 0.332 e. The van der Waals surface area contributed by atoms with Crippen molar-refractivity contribution in [2.75, 3.05) is 0 Å². The number of thioether (sulfide) groups is 1. The predicted molar refractivity (Wildman–Crippen MR) is 102 cm³/mol. The molecular formula is C18H26N4O2S. The minimum Gasteiger partial charge on any atom is -0.277 e. The van der Waals surface area contributed by atoms with Crippen molar-refractivity contribution in [2.24, 2.45) is 7.05 Å². The zero-order valence-electron chi connectivity index (χ0n) is 15.4. The SMILES string of the molecule is CCCn1c(=O)n(C)c(=O)c2c(SC3CCCC3)nc(C(C)C)nc21. The maximum absolute atomic E-state index is 12.8. The molecule has 0 radical (unpaired) electrons. The molecule has 1 aliphatic carbocycles. The van der Waals surface area contributed by atoms with Gasteiger partial charge < -0.3 is 0 Å². The van der Waals surface area contributed by atoms with Crippen LogP contribution in [-0.2, 0) is 13.6 Å². The Morgan fingerprint density at radius 3 is 2.48 bits per heavy atom. The van der Waals surface area contributed by atoms with Crippen LogP contribution in [0.5, 0.6) is 0 Å². The molecule has 7 heteroatoms. The summed E-state index contributed by atoms with van der Waals surface area (Å²) in [7, 11) is 1.54. The Bertz CT molecular complexity index is 895. The van der Waals surface area contributed by atoms with E-state index in [1.54, 1.807) is 16.3 Å². The van der Waals surface area contributed by atoms with Crippen LogP contribution in [-0.4, -0.2) is 24.4 Å². The average Bonchev–Trinajstić information content (AvgIpc) is 3.09. The monoisotopic (exact) mass is 362 g/mol. The van der Waals surface area contributed by atoms with Gasteiger partial charge in [0.15, 0.2) is 5.65 Å². The number of fused-ring (bicyclic) bond motifs is 1. The first-order chi connectivity index (χ1) is 11.9. The Morgan fingerprint density at radius 2 is 1.88 bits per heavy atom. The fraction of sp³-hybridized carbons (Fsp3) is 0.667. The van der Waals surface area contributed by atoms with Gasteiger partial charge in [-0.3, -0.25) is 13.9 Å². The molecule has 25 heavy (non-hydrogen) atoms. The maximum atomic E-state index is 12.8. The summed E-state index contributed by atoms with van der Waals surface area (Å²) >= 11 is 1.69. The second-order valence-corrected chi connectivity index (χ2v) is 8.35. The molecule has 0 bridgehead atoms. The highest BCUT2D eigenvalue weighted by molar-refractivity contribution is 8.00. The highest BCUT2D eigenvalue weighted by Gasteiger charge is 2.23. The molecule has 2 aromatic rings. The molecule has 0 aromatic carbocycles. The Kier molecular flexibility index (Phi) is 5.32. The number of aryl methyl sites for hydroxylation is 1. The molecule has 2 heterocycles. The average molecular weight is 362 g/mol. The fourth-order valence-corrected chi connectivity index (χ4v) is 4.61. The van der Waals surface area contributed by atoms with Gasteiger partial charge in [-0.2, -0.15) is 0 Å². The molecule has 1 saturated carbocycles. The van der Waals surface area contributed by atoms with E-state index >= 15 is 0 Å². The van der Waals surface area contributed by atoms with Gasteiger partial charge in [-0.05, 0) is 19.3 Å². The molecule has 136 valence electrons. The molecule has 3 rings (SSSR count). The number of hydrogen-bond donors (Lipinski definition) is 0. The third-order valence-corrected chi connectivity index (χ3v) is 6.03. The highest BCUT2D eigenvalue weighted by Crippen LogP contribution is 2.36. The van der Waals surface area contributed by atoms with Crippen molar-refractivity contribution in [1.29, 1.82) is 0 Å². The molecule has 0 amide bonds. The first-order valence-corrected chi connectivity index (χ1v) is 10.00. The topological polar surface area (TPSA) is 69.8 Å². The van der Waals surface area contributed by atoms with Gasteiger partial charge in [0.2, 0.25) is 0 Å². The lowest BCUT2D eigenvalue weighted by Crippen LogP contribution is -2.39. The Balaban J connectivity index is 2.32. The van der Waals surface area contributed by atoms with E-state index in [2.05, 4.69) is 4.98 Å².